The molecular weight excluding hydrogens is 261 g/mol. The molecule has 1 atom stereocenters. The molecule has 0 aliphatic carbocycles. The quantitative estimate of drug-likeness (QED) is 0.805. The van der Waals surface area contributed by atoms with Crippen LogP contribution in [0.3, 0.4) is 0 Å². The van der Waals surface area contributed by atoms with Gasteiger partial charge in [-0.1, -0.05) is 26.0 Å². The second-order valence-electron chi connectivity index (χ2n) is 4.91. The van der Waals surface area contributed by atoms with Crippen LogP contribution in [0.15, 0.2) is 29.3 Å². The molecule has 2 amide bonds. The second-order valence-corrected chi connectivity index (χ2v) is 4.91. The average molecular weight is 277 g/mol. The van der Waals surface area contributed by atoms with Gasteiger partial charge in [0.25, 0.3) is 5.91 Å². The molecule has 20 heavy (non-hydrogen) atoms. The Hall–Kier alpha value is -2.08. The summed E-state index contributed by atoms with van der Waals surface area (Å²) in [5, 5.41) is 5.67. The van der Waals surface area contributed by atoms with Crippen LogP contribution in [0.4, 0.5) is 4.39 Å². The number of hydrogen-bond donors (Lipinski definition) is 2. The average Bonchev–Trinajstić information content (AvgIpc) is 2.38. The topological polar surface area (TPSA) is 70.6 Å². The first-order chi connectivity index (χ1) is 9.47. The van der Waals surface area contributed by atoms with Crippen molar-refractivity contribution in [3.63, 3.8) is 0 Å². The van der Waals surface area contributed by atoms with Crippen LogP contribution < -0.4 is 10.6 Å². The molecule has 0 bridgehead atoms. The third kappa shape index (κ3) is 3.27. The monoisotopic (exact) mass is 277 g/mol. The SMILES string of the molecule is CC(C)NCC1=NC(=O)C(c2ccc(F)cc2)C(=O)N1. The maximum atomic E-state index is 12.9. The first-order valence-corrected chi connectivity index (χ1v) is 6.38. The molecule has 1 aromatic rings. The summed E-state index contributed by atoms with van der Waals surface area (Å²) in [6, 6.07) is 5.50. The molecule has 0 radical (unpaired) electrons. The van der Waals surface area contributed by atoms with Crippen molar-refractivity contribution in [3.8, 4) is 0 Å². The minimum Gasteiger partial charge on any atom is -0.312 e. The highest BCUT2D eigenvalue weighted by Crippen LogP contribution is 2.20. The maximum absolute atomic E-state index is 12.9. The minimum atomic E-state index is -1.00. The van der Waals surface area contributed by atoms with Gasteiger partial charge in [-0.25, -0.2) is 4.39 Å². The molecule has 1 aliphatic rings. The standard InChI is InChI=1S/C14H16FN3O2/c1-8(2)16-7-11-17-13(19)12(14(20)18-11)9-3-5-10(15)6-4-9/h3-6,8,12,16H,7H2,1-2H3,(H,17,18,19,20). The van der Waals surface area contributed by atoms with E-state index in [1.807, 2.05) is 13.8 Å². The van der Waals surface area contributed by atoms with E-state index >= 15 is 0 Å². The number of amides is 2. The Bertz CT molecular complexity index is 552. The van der Waals surface area contributed by atoms with Gasteiger partial charge in [-0.15, -0.1) is 0 Å². The molecule has 0 fully saturated rings. The third-order valence-electron chi connectivity index (χ3n) is 2.90. The number of carbonyl (C=O) groups excluding carboxylic acids is 2. The molecule has 0 aromatic heterocycles. The van der Waals surface area contributed by atoms with E-state index < -0.39 is 23.5 Å². The summed E-state index contributed by atoms with van der Waals surface area (Å²) in [5.41, 5.74) is 0.438. The predicted molar refractivity (Wildman–Crippen MR) is 72.9 cm³/mol. The van der Waals surface area contributed by atoms with Crippen molar-refractivity contribution in [2.75, 3.05) is 6.54 Å². The van der Waals surface area contributed by atoms with E-state index in [-0.39, 0.29) is 6.04 Å². The highest BCUT2D eigenvalue weighted by Gasteiger charge is 2.33. The van der Waals surface area contributed by atoms with Crippen molar-refractivity contribution in [2.24, 2.45) is 4.99 Å². The number of amidine groups is 1. The van der Waals surface area contributed by atoms with Crippen LogP contribution in [-0.2, 0) is 9.59 Å². The molecule has 2 N–H and O–H groups in total. The lowest BCUT2D eigenvalue weighted by molar-refractivity contribution is -0.129. The zero-order valence-corrected chi connectivity index (χ0v) is 11.3. The summed E-state index contributed by atoms with van der Waals surface area (Å²) < 4.78 is 12.9. The molecule has 1 heterocycles. The van der Waals surface area contributed by atoms with Gasteiger partial charge in [0.15, 0.2) is 0 Å². The molecule has 1 unspecified atom stereocenters. The summed E-state index contributed by atoms with van der Waals surface area (Å²) in [6.07, 6.45) is 0. The van der Waals surface area contributed by atoms with Crippen LogP contribution in [0.1, 0.15) is 25.3 Å². The zero-order chi connectivity index (χ0) is 14.7. The fourth-order valence-electron chi connectivity index (χ4n) is 1.89. The van der Waals surface area contributed by atoms with E-state index in [2.05, 4.69) is 15.6 Å². The van der Waals surface area contributed by atoms with Crippen molar-refractivity contribution < 1.29 is 14.0 Å². The highest BCUT2D eigenvalue weighted by atomic mass is 19.1. The van der Waals surface area contributed by atoms with E-state index in [4.69, 9.17) is 0 Å². The number of benzene rings is 1. The van der Waals surface area contributed by atoms with Crippen molar-refractivity contribution in [3.05, 3.63) is 35.6 Å². The lowest BCUT2D eigenvalue weighted by atomic mass is 9.96. The number of nitrogens with one attached hydrogen (secondary N) is 2. The summed E-state index contributed by atoms with van der Waals surface area (Å²) in [5.74, 6) is -2.06. The summed E-state index contributed by atoms with van der Waals surface area (Å²) in [4.78, 5) is 27.9. The van der Waals surface area contributed by atoms with Crippen LogP contribution in [0.5, 0.6) is 0 Å². The molecule has 0 spiro atoms. The number of halogens is 1. The van der Waals surface area contributed by atoms with Gasteiger partial charge in [-0.3, -0.25) is 9.59 Å². The van der Waals surface area contributed by atoms with Crippen LogP contribution in [0, 0.1) is 5.82 Å². The molecule has 1 aliphatic heterocycles. The fraction of sp³-hybridized carbons (Fsp3) is 0.357. The Kier molecular flexibility index (Phi) is 4.24. The molecule has 6 heteroatoms. The maximum Gasteiger partial charge on any atom is 0.264 e. The summed E-state index contributed by atoms with van der Waals surface area (Å²) >= 11 is 0. The molecule has 0 saturated heterocycles. The molecular formula is C14H16FN3O2. The van der Waals surface area contributed by atoms with Gasteiger partial charge in [0, 0.05) is 6.04 Å². The lowest BCUT2D eigenvalue weighted by Crippen LogP contribution is -2.47. The van der Waals surface area contributed by atoms with E-state index in [0.29, 0.717) is 17.9 Å². The zero-order valence-electron chi connectivity index (χ0n) is 11.3. The number of carbonyl (C=O) groups is 2. The first kappa shape index (κ1) is 14.3. The fourth-order valence-corrected chi connectivity index (χ4v) is 1.89. The second kappa shape index (κ2) is 5.92. The molecule has 1 aromatic carbocycles. The molecule has 2 rings (SSSR count). The number of aliphatic imine (C=N–C) groups is 1. The minimum absolute atomic E-state index is 0.222. The van der Waals surface area contributed by atoms with E-state index in [9.17, 15) is 14.0 Å². The van der Waals surface area contributed by atoms with Crippen molar-refractivity contribution >= 4 is 17.6 Å². The highest BCUT2D eigenvalue weighted by molar-refractivity contribution is 6.19. The molecule has 5 nitrogen and oxygen atoms in total. The van der Waals surface area contributed by atoms with Crippen LogP contribution >= 0.6 is 0 Å². The Morgan fingerprint density at radius 3 is 2.50 bits per heavy atom. The summed E-state index contributed by atoms with van der Waals surface area (Å²) in [7, 11) is 0. The largest absolute Gasteiger partial charge is 0.312 e. The normalized spacial score (nSPS) is 19.0. The number of rotatable bonds is 4. The Morgan fingerprint density at radius 1 is 1.30 bits per heavy atom. The van der Waals surface area contributed by atoms with Crippen molar-refractivity contribution in [1.29, 1.82) is 0 Å². The Morgan fingerprint density at radius 2 is 1.95 bits per heavy atom. The van der Waals surface area contributed by atoms with Gasteiger partial charge in [0.1, 0.15) is 17.6 Å². The molecule has 106 valence electrons. The van der Waals surface area contributed by atoms with Gasteiger partial charge in [-0.2, -0.15) is 4.99 Å². The lowest BCUT2D eigenvalue weighted by Gasteiger charge is -2.21. The Balaban J connectivity index is 2.16. The summed E-state index contributed by atoms with van der Waals surface area (Å²) in [6.45, 7) is 4.23. The predicted octanol–water partition coefficient (Wildman–Crippen LogP) is 0.962. The van der Waals surface area contributed by atoms with Crippen LogP contribution in [0.25, 0.3) is 0 Å². The van der Waals surface area contributed by atoms with Gasteiger partial charge in [0.2, 0.25) is 5.91 Å². The van der Waals surface area contributed by atoms with Crippen molar-refractivity contribution in [1.82, 2.24) is 10.6 Å². The van der Waals surface area contributed by atoms with Gasteiger partial charge in [-0.05, 0) is 17.7 Å². The van der Waals surface area contributed by atoms with Gasteiger partial charge >= 0.3 is 0 Å². The first-order valence-electron chi connectivity index (χ1n) is 6.38. The van der Waals surface area contributed by atoms with E-state index in [0.717, 1.165) is 0 Å². The third-order valence-corrected chi connectivity index (χ3v) is 2.90. The van der Waals surface area contributed by atoms with Crippen LogP contribution in [0.2, 0.25) is 0 Å². The van der Waals surface area contributed by atoms with Crippen LogP contribution in [-0.4, -0.2) is 30.2 Å². The number of nitrogens with zero attached hydrogens (tertiary/aromatic N) is 1. The Labute approximate surface area is 116 Å². The number of hydrogen-bond acceptors (Lipinski definition) is 3. The smallest absolute Gasteiger partial charge is 0.264 e. The van der Waals surface area contributed by atoms with Crippen molar-refractivity contribution in [2.45, 2.75) is 25.8 Å². The molecule has 0 saturated carbocycles. The van der Waals surface area contributed by atoms with E-state index in [1.54, 1.807) is 0 Å². The van der Waals surface area contributed by atoms with Gasteiger partial charge < -0.3 is 10.6 Å². The van der Waals surface area contributed by atoms with Gasteiger partial charge in [0.05, 0.1) is 6.54 Å². The van der Waals surface area contributed by atoms with E-state index in [1.165, 1.54) is 24.3 Å².